The first-order valence-corrected chi connectivity index (χ1v) is 11.3. The maximum absolute atomic E-state index is 12.6. The van der Waals surface area contributed by atoms with Crippen molar-refractivity contribution >= 4 is 64.0 Å². The van der Waals surface area contributed by atoms with Gasteiger partial charge in [-0.1, -0.05) is 35.3 Å². The minimum atomic E-state index is -0.321. The van der Waals surface area contributed by atoms with Gasteiger partial charge in [0.1, 0.15) is 6.54 Å². The summed E-state index contributed by atoms with van der Waals surface area (Å²) >= 11 is 20.4. The number of carbonyl (C=O) groups is 1. The summed E-state index contributed by atoms with van der Waals surface area (Å²) < 4.78 is 3.90. The summed E-state index contributed by atoms with van der Waals surface area (Å²) in [6, 6.07) is 9.19. The first kappa shape index (κ1) is 20.2. The van der Waals surface area contributed by atoms with Crippen LogP contribution in [0.5, 0.6) is 0 Å². The van der Waals surface area contributed by atoms with Gasteiger partial charge in [0, 0.05) is 21.6 Å². The monoisotopic (exact) mass is 481 g/mol. The number of hydrogen-bond acceptors (Lipinski definition) is 5. The summed E-state index contributed by atoms with van der Waals surface area (Å²) in [5.74, 6) is 0.305. The Kier molecular flexibility index (Phi) is 6.12. The summed E-state index contributed by atoms with van der Waals surface area (Å²) in [6.45, 7) is 0.485. The summed E-state index contributed by atoms with van der Waals surface area (Å²) in [6.07, 6.45) is 1.86. The molecule has 0 saturated carbocycles. The lowest BCUT2D eigenvalue weighted by Crippen LogP contribution is -2.19. The van der Waals surface area contributed by atoms with E-state index in [1.165, 1.54) is 22.7 Å². The smallest absolute Gasteiger partial charge is 0.268 e. The first-order valence-electron chi connectivity index (χ1n) is 8.36. The number of thiophene rings is 1. The number of aromatic nitrogens is 4. The molecule has 0 spiro atoms. The Bertz CT molecular complexity index is 1280. The van der Waals surface area contributed by atoms with Gasteiger partial charge in [-0.25, -0.2) is 0 Å². The van der Waals surface area contributed by atoms with Gasteiger partial charge in [0.05, 0.1) is 11.4 Å². The van der Waals surface area contributed by atoms with Crippen molar-refractivity contribution in [1.29, 1.82) is 0 Å². The van der Waals surface area contributed by atoms with Gasteiger partial charge < -0.3 is 4.57 Å². The summed E-state index contributed by atoms with van der Waals surface area (Å²) in [4.78, 5) is 18.4. The second kappa shape index (κ2) is 8.76. The van der Waals surface area contributed by atoms with Crippen molar-refractivity contribution in [3.63, 3.8) is 0 Å². The molecule has 0 aliphatic carbocycles. The quantitative estimate of drug-likeness (QED) is 0.407. The van der Waals surface area contributed by atoms with Crippen molar-refractivity contribution in [2.75, 3.05) is 0 Å². The first-order chi connectivity index (χ1) is 14.0. The summed E-state index contributed by atoms with van der Waals surface area (Å²) in [5, 5.41) is 11.9. The highest BCUT2D eigenvalue weighted by Gasteiger charge is 2.13. The van der Waals surface area contributed by atoms with Gasteiger partial charge in [0.25, 0.3) is 5.91 Å². The molecule has 0 radical (unpaired) electrons. The number of rotatable bonds is 5. The Labute approximate surface area is 188 Å². The number of nitrogens with zero attached hydrogens (tertiary/aromatic N) is 4. The van der Waals surface area contributed by atoms with Crippen molar-refractivity contribution in [3.8, 4) is 10.7 Å². The highest BCUT2D eigenvalue weighted by molar-refractivity contribution is 7.71. The van der Waals surface area contributed by atoms with Gasteiger partial charge in [-0.2, -0.15) is 10.1 Å². The van der Waals surface area contributed by atoms with E-state index < -0.39 is 0 Å². The van der Waals surface area contributed by atoms with E-state index in [9.17, 15) is 4.79 Å². The third-order valence-corrected chi connectivity index (χ3v) is 6.59. The van der Waals surface area contributed by atoms with E-state index in [1.807, 2.05) is 39.7 Å². The number of thiazole rings is 1. The zero-order valence-electron chi connectivity index (χ0n) is 14.7. The van der Waals surface area contributed by atoms with E-state index in [0.29, 0.717) is 32.0 Å². The lowest BCUT2D eigenvalue weighted by molar-refractivity contribution is -0.118. The average molecular weight is 482 g/mol. The third kappa shape index (κ3) is 4.59. The minimum absolute atomic E-state index is 0.00215. The number of amides is 1. The van der Waals surface area contributed by atoms with Gasteiger partial charge in [0.2, 0.25) is 0 Å². The second-order valence-corrected chi connectivity index (χ2v) is 9.02. The van der Waals surface area contributed by atoms with Crippen molar-refractivity contribution in [2.45, 2.75) is 13.1 Å². The van der Waals surface area contributed by atoms with E-state index >= 15 is 0 Å². The van der Waals surface area contributed by atoms with E-state index in [2.05, 4.69) is 15.2 Å². The highest BCUT2D eigenvalue weighted by atomic mass is 35.5. The van der Waals surface area contributed by atoms with Crippen LogP contribution in [0, 0.1) is 4.77 Å². The van der Waals surface area contributed by atoms with Crippen LogP contribution in [0.4, 0.5) is 0 Å². The molecule has 1 N–H and O–H groups in total. The zero-order valence-corrected chi connectivity index (χ0v) is 18.7. The average Bonchev–Trinajstić information content (AvgIpc) is 3.41. The van der Waals surface area contributed by atoms with Crippen LogP contribution >= 0.6 is 58.1 Å². The van der Waals surface area contributed by atoms with Crippen LogP contribution < -0.4 is 4.80 Å². The van der Waals surface area contributed by atoms with E-state index in [4.69, 9.17) is 35.4 Å². The zero-order chi connectivity index (χ0) is 20.4. The molecular weight excluding hydrogens is 469 g/mol. The number of aromatic amines is 1. The SMILES string of the molecule is O=C(Cn1c(-c2cccs2)n[nH]c1=S)N=c1sccn1Cc1ccc(Cl)cc1Cl. The highest BCUT2D eigenvalue weighted by Crippen LogP contribution is 2.23. The molecule has 0 atom stereocenters. The molecule has 6 nitrogen and oxygen atoms in total. The molecule has 4 aromatic rings. The van der Waals surface area contributed by atoms with Crippen LogP contribution in [0.15, 0.2) is 52.3 Å². The predicted molar refractivity (Wildman–Crippen MR) is 119 cm³/mol. The molecule has 0 bridgehead atoms. The van der Waals surface area contributed by atoms with Gasteiger partial charge in [-0.05, 0) is 41.4 Å². The summed E-state index contributed by atoms with van der Waals surface area (Å²) in [7, 11) is 0. The fourth-order valence-corrected chi connectivity index (χ4v) is 4.81. The van der Waals surface area contributed by atoms with Gasteiger partial charge in [-0.3, -0.25) is 14.5 Å². The number of carbonyl (C=O) groups excluding carboxylic acids is 1. The molecule has 0 aliphatic heterocycles. The van der Waals surface area contributed by atoms with Gasteiger partial charge >= 0.3 is 0 Å². The number of hydrogen-bond donors (Lipinski definition) is 1. The molecule has 29 heavy (non-hydrogen) atoms. The van der Waals surface area contributed by atoms with Gasteiger partial charge in [-0.15, -0.1) is 22.7 Å². The van der Waals surface area contributed by atoms with Crippen molar-refractivity contribution < 1.29 is 4.79 Å². The molecule has 1 aromatic carbocycles. The standard InChI is InChI=1S/C18H13Cl2N5OS3/c19-12-4-3-11(13(20)8-12)9-24-5-7-29-18(24)21-15(26)10-25-16(22-23-17(25)27)14-2-1-6-28-14/h1-8H,9-10H2,(H,23,27). The number of H-pyrrole nitrogens is 1. The molecule has 3 heterocycles. The molecule has 4 rings (SSSR count). The van der Waals surface area contributed by atoms with Crippen LogP contribution in [0.1, 0.15) is 5.56 Å². The Morgan fingerprint density at radius 3 is 2.86 bits per heavy atom. The van der Waals surface area contributed by atoms with E-state index in [1.54, 1.807) is 16.7 Å². The Morgan fingerprint density at radius 2 is 2.10 bits per heavy atom. The lowest BCUT2D eigenvalue weighted by Gasteiger charge is -2.06. The molecule has 148 valence electrons. The van der Waals surface area contributed by atoms with Crippen LogP contribution in [-0.2, 0) is 17.9 Å². The second-order valence-electron chi connectivity index (χ2n) is 5.97. The van der Waals surface area contributed by atoms with Crippen LogP contribution in [0.25, 0.3) is 10.7 Å². The molecule has 0 unspecified atom stereocenters. The maximum atomic E-state index is 12.6. The number of benzene rings is 1. The van der Waals surface area contributed by atoms with Gasteiger partial charge in [0.15, 0.2) is 15.4 Å². The van der Waals surface area contributed by atoms with E-state index in [-0.39, 0.29) is 12.5 Å². The third-order valence-electron chi connectivity index (χ3n) is 4.03. The van der Waals surface area contributed by atoms with Crippen LogP contribution in [-0.4, -0.2) is 25.2 Å². The van der Waals surface area contributed by atoms with E-state index in [0.717, 1.165) is 10.4 Å². The Balaban J connectivity index is 1.59. The molecule has 0 aliphatic rings. The normalized spacial score (nSPS) is 11.9. The van der Waals surface area contributed by atoms with Crippen molar-refractivity contribution in [2.24, 2.45) is 4.99 Å². The number of halogens is 2. The maximum Gasteiger partial charge on any atom is 0.268 e. The summed E-state index contributed by atoms with van der Waals surface area (Å²) in [5.41, 5.74) is 0.889. The Morgan fingerprint density at radius 1 is 1.24 bits per heavy atom. The number of nitrogens with one attached hydrogen (secondary N) is 1. The fraction of sp³-hybridized carbons (Fsp3) is 0.111. The molecule has 0 saturated heterocycles. The fourth-order valence-electron chi connectivity index (χ4n) is 2.68. The topological polar surface area (TPSA) is 68.0 Å². The molecule has 0 fully saturated rings. The molecule has 1 amide bonds. The molecule has 3 aromatic heterocycles. The van der Waals surface area contributed by atoms with Crippen LogP contribution in [0.3, 0.4) is 0 Å². The lowest BCUT2D eigenvalue weighted by atomic mass is 10.2. The van der Waals surface area contributed by atoms with Crippen molar-refractivity contribution in [1.82, 2.24) is 19.3 Å². The minimum Gasteiger partial charge on any atom is -0.319 e. The van der Waals surface area contributed by atoms with Crippen molar-refractivity contribution in [3.05, 3.63) is 72.5 Å². The molecular formula is C18H13Cl2N5OS3. The predicted octanol–water partition coefficient (Wildman–Crippen LogP) is 5.01. The largest absolute Gasteiger partial charge is 0.319 e. The molecule has 11 heteroatoms. The van der Waals surface area contributed by atoms with Crippen LogP contribution in [0.2, 0.25) is 10.0 Å². The Hall–Kier alpha value is -2.04.